The summed E-state index contributed by atoms with van der Waals surface area (Å²) >= 11 is 0. The van der Waals surface area contributed by atoms with Crippen LogP contribution in [0.3, 0.4) is 0 Å². The van der Waals surface area contributed by atoms with Crippen LogP contribution in [0.2, 0.25) is 0 Å². The molecule has 1 aromatic carbocycles. The topological polar surface area (TPSA) is 47.0 Å². The van der Waals surface area contributed by atoms with Gasteiger partial charge in [-0.2, -0.15) is 0 Å². The molecule has 0 saturated heterocycles. The van der Waals surface area contributed by atoms with Crippen molar-refractivity contribution in [3.63, 3.8) is 0 Å². The Labute approximate surface area is 154 Å². The van der Waals surface area contributed by atoms with E-state index >= 15 is 0 Å². The van der Waals surface area contributed by atoms with E-state index in [1.807, 2.05) is 6.92 Å². The van der Waals surface area contributed by atoms with Crippen LogP contribution in [0.1, 0.15) is 43.1 Å². The fourth-order valence-corrected chi connectivity index (χ4v) is 2.50. The summed E-state index contributed by atoms with van der Waals surface area (Å²) in [5.41, 5.74) is 1.06. The van der Waals surface area contributed by atoms with Gasteiger partial charge in [-0.15, -0.1) is 0 Å². The molecule has 0 fully saturated rings. The SMILES string of the molecule is BC(F)(F)c1ccc(CCCOc2cnc(C)nc2NCCCC)cc1. The predicted octanol–water partition coefficient (Wildman–Crippen LogP) is 3.69. The summed E-state index contributed by atoms with van der Waals surface area (Å²) in [4.78, 5) is 8.59. The van der Waals surface area contributed by atoms with E-state index in [1.54, 1.807) is 18.3 Å². The quantitative estimate of drug-likeness (QED) is 0.518. The Morgan fingerprint density at radius 2 is 1.92 bits per heavy atom. The molecular formula is C19H26BF2N3O. The summed E-state index contributed by atoms with van der Waals surface area (Å²) in [5, 5.41) is 3.29. The van der Waals surface area contributed by atoms with Gasteiger partial charge in [0, 0.05) is 12.1 Å². The summed E-state index contributed by atoms with van der Waals surface area (Å²) in [6.45, 7) is 5.34. The minimum atomic E-state index is -2.80. The molecule has 1 heterocycles. The van der Waals surface area contributed by atoms with Crippen molar-refractivity contribution in [2.45, 2.75) is 45.4 Å². The Hall–Kier alpha value is -2.18. The van der Waals surface area contributed by atoms with E-state index in [-0.39, 0.29) is 5.56 Å². The molecule has 0 atom stereocenters. The first-order valence-electron chi connectivity index (χ1n) is 9.07. The van der Waals surface area contributed by atoms with Gasteiger partial charge in [0.2, 0.25) is 5.82 Å². The standard InChI is InChI=1S/C19H26BF2N3O/c1-3-4-11-23-18-17(13-24-14(2)25-18)26-12-5-6-15-7-9-16(10-8-15)19(20,21)22/h7-10,13H,3-6,11-12,20H2,1-2H3,(H,23,24,25). The number of benzene rings is 1. The van der Waals surface area contributed by atoms with Crippen molar-refractivity contribution in [2.75, 3.05) is 18.5 Å². The van der Waals surface area contributed by atoms with E-state index in [0.717, 1.165) is 51.5 Å². The van der Waals surface area contributed by atoms with Crippen molar-refractivity contribution in [1.29, 1.82) is 0 Å². The number of rotatable bonds is 10. The predicted molar refractivity (Wildman–Crippen MR) is 103 cm³/mol. The van der Waals surface area contributed by atoms with E-state index in [2.05, 4.69) is 22.2 Å². The number of unbranched alkanes of at least 4 members (excludes halogenated alkanes) is 1. The molecule has 0 bridgehead atoms. The minimum Gasteiger partial charge on any atom is -0.488 e. The van der Waals surface area contributed by atoms with E-state index in [0.29, 0.717) is 18.2 Å². The summed E-state index contributed by atoms with van der Waals surface area (Å²) in [5.74, 6) is -0.730. The second-order valence-electron chi connectivity index (χ2n) is 6.45. The Balaban J connectivity index is 1.84. The molecule has 0 spiro atoms. The van der Waals surface area contributed by atoms with Crippen LogP contribution < -0.4 is 10.1 Å². The number of nitrogens with zero attached hydrogens (tertiary/aromatic N) is 2. The smallest absolute Gasteiger partial charge is 0.231 e. The van der Waals surface area contributed by atoms with E-state index in [1.165, 1.54) is 12.1 Å². The van der Waals surface area contributed by atoms with Crippen LogP contribution in [0.4, 0.5) is 14.6 Å². The fourth-order valence-electron chi connectivity index (χ4n) is 2.50. The van der Waals surface area contributed by atoms with Crippen molar-refractivity contribution >= 4 is 13.7 Å². The van der Waals surface area contributed by atoms with Crippen LogP contribution in [0, 0.1) is 6.92 Å². The maximum absolute atomic E-state index is 13.2. The Kier molecular flexibility index (Phi) is 7.36. The zero-order valence-corrected chi connectivity index (χ0v) is 15.7. The monoisotopic (exact) mass is 361 g/mol. The zero-order valence-electron chi connectivity index (χ0n) is 15.7. The zero-order chi connectivity index (χ0) is 19.0. The van der Waals surface area contributed by atoms with Crippen molar-refractivity contribution in [3.05, 3.63) is 47.4 Å². The van der Waals surface area contributed by atoms with Gasteiger partial charge in [-0.3, -0.25) is 0 Å². The van der Waals surface area contributed by atoms with Crippen LogP contribution >= 0.6 is 0 Å². The average Bonchev–Trinajstić information content (AvgIpc) is 2.60. The van der Waals surface area contributed by atoms with Crippen LogP contribution in [-0.4, -0.2) is 31.0 Å². The van der Waals surface area contributed by atoms with E-state index in [9.17, 15) is 8.78 Å². The lowest BCUT2D eigenvalue weighted by Crippen LogP contribution is -2.12. The molecule has 1 aromatic heterocycles. The number of hydrogen-bond donors (Lipinski definition) is 1. The minimum absolute atomic E-state index is 0.0390. The first-order valence-corrected chi connectivity index (χ1v) is 9.07. The molecule has 2 rings (SSSR count). The highest BCUT2D eigenvalue weighted by molar-refractivity contribution is 6.13. The van der Waals surface area contributed by atoms with E-state index in [4.69, 9.17) is 4.74 Å². The van der Waals surface area contributed by atoms with Crippen molar-refractivity contribution in [1.82, 2.24) is 9.97 Å². The molecule has 0 aliphatic carbocycles. The number of anilines is 1. The molecule has 0 aliphatic heterocycles. The van der Waals surface area contributed by atoms with Gasteiger partial charge in [-0.25, -0.2) is 18.7 Å². The third kappa shape index (κ3) is 6.28. The van der Waals surface area contributed by atoms with Crippen molar-refractivity contribution < 1.29 is 13.5 Å². The van der Waals surface area contributed by atoms with Gasteiger partial charge in [0.25, 0.3) is 0 Å². The summed E-state index contributed by atoms with van der Waals surface area (Å²) in [7, 11) is 0.908. The summed E-state index contributed by atoms with van der Waals surface area (Å²) in [6.07, 6.45) is 5.41. The summed E-state index contributed by atoms with van der Waals surface area (Å²) in [6, 6.07) is 6.47. The maximum Gasteiger partial charge on any atom is 0.231 e. The number of aromatic nitrogens is 2. The molecule has 7 heteroatoms. The van der Waals surface area contributed by atoms with Crippen LogP contribution in [0.15, 0.2) is 30.5 Å². The number of ether oxygens (including phenoxy) is 1. The molecule has 0 saturated carbocycles. The van der Waals surface area contributed by atoms with Gasteiger partial charge in [0.05, 0.1) is 12.8 Å². The van der Waals surface area contributed by atoms with Gasteiger partial charge in [0.1, 0.15) is 5.82 Å². The van der Waals surface area contributed by atoms with Crippen LogP contribution in [0.25, 0.3) is 0 Å². The number of hydrogen-bond acceptors (Lipinski definition) is 4. The molecule has 26 heavy (non-hydrogen) atoms. The number of aryl methyl sites for hydroxylation is 2. The van der Waals surface area contributed by atoms with Gasteiger partial charge in [-0.05, 0) is 31.7 Å². The summed E-state index contributed by atoms with van der Waals surface area (Å²) < 4.78 is 32.3. The molecule has 2 aromatic rings. The lowest BCUT2D eigenvalue weighted by molar-refractivity contribution is 0.0941. The first kappa shape index (κ1) is 20.1. The third-order valence-corrected chi connectivity index (χ3v) is 4.03. The second kappa shape index (κ2) is 9.50. The molecule has 0 aliphatic rings. The maximum atomic E-state index is 13.2. The highest BCUT2D eigenvalue weighted by atomic mass is 19.3. The van der Waals surface area contributed by atoms with Crippen molar-refractivity contribution in [3.8, 4) is 5.75 Å². The van der Waals surface area contributed by atoms with Gasteiger partial charge >= 0.3 is 0 Å². The number of nitrogens with one attached hydrogen (secondary N) is 1. The largest absolute Gasteiger partial charge is 0.488 e. The van der Waals surface area contributed by atoms with Gasteiger partial charge in [0.15, 0.2) is 19.4 Å². The number of alkyl halides is 2. The van der Waals surface area contributed by atoms with Gasteiger partial charge in [-0.1, -0.05) is 37.6 Å². The van der Waals surface area contributed by atoms with Crippen molar-refractivity contribution in [2.24, 2.45) is 0 Å². The van der Waals surface area contributed by atoms with Crippen LogP contribution in [0.5, 0.6) is 5.75 Å². The van der Waals surface area contributed by atoms with Crippen LogP contribution in [-0.2, 0) is 12.2 Å². The highest BCUT2D eigenvalue weighted by Crippen LogP contribution is 2.24. The van der Waals surface area contributed by atoms with Gasteiger partial charge < -0.3 is 10.1 Å². The van der Waals surface area contributed by atoms with E-state index < -0.39 is 5.82 Å². The molecule has 1 N–H and O–H groups in total. The lowest BCUT2D eigenvalue weighted by Gasteiger charge is -2.13. The number of halogens is 2. The Morgan fingerprint density at radius 1 is 1.19 bits per heavy atom. The molecule has 0 amide bonds. The molecule has 4 nitrogen and oxygen atoms in total. The second-order valence-corrected chi connectivity index (χ2v) is 6.45. The fraction of sp³-hybridized carbons (Fsp3) is 0.474. The third-order valence-electron chi connectivity index (χ3n) is 4.03. The molecule has 140 valence electrons. The Bertz CT molecular complexity index is 690. The Morgan fingerprint density at radius 3 is 2.58 bits per heavy atom. The lowest BCUT2D eigenvalue weighted by atomic mass is 9.90. The normalized spacial score (nSPS) is 11.4. The molecule has 0 unspecified atom stereocenters. The molecule has 0 radical (unpaired) electrons. The highest BCUT2D eigenvalue weighted by Gasteiger charge is 2.23. The average molecular weight is 361 g/mol. The first-order chi connectivity index (χ1) is 12.4. The molecular weight excluding hydrogens is 335 g/mol.